The van der Waals surface area contributed by atoms with Gasteiger partial charge >= 0.3 is 0 Å². The average molecular weight is 190 g/mol. The molecule has 74 valence electrons. The Morgan fingerprint density at radius 1 is 1.21 bits per heavy atom. The van der Waals surface area contributed by atoms with Crippen molar-refractivity contribution in [2.45, 2.75) is 26.9 Å². The zero-order valence-electron chi connectivity index (χ0n) is 8.51. The molecule has 0 saturated carbocycles. The Balaban J connectivity index is 1.98. The third kappa shape index (κ3) is 1.84. The van der Waals surface area contributed by atoms with Gasteiger partial charge in [0, 0.05) is 31.7 Å². The van der Waals surface area contributed by atoms with E-state index in [1.807, 2.05) is 38.8 Å². The Kier molecular flexibility index (Phi) is 2.35. The Morgan fingerprint density at radius 3 is 2.64 bits per heavy atom. The highest BCUT2D eigenvalue weighted by Crippen LogP contribution is 1.98. The van der Waals surface area contributed by atoms with Gasteiger partial charge in [0.25, 0.3) is 0 Å². The molecule has 0 amide bonds. The highest BCUT2D eigenvalue weighted by atomic mass is 15.1. The lowest BCUT2D eigenvalue weighted by molar-refractivity contribution is 0.567. The van der Waals surface area contributed by atoms with Gasteiger partial charge in [-0.05, 0) is 13.8 Å². The summed E-state index contributed by atoms with van der Waals surface area (Å²) in [4.78, 5) is 8.35. The molecule has 0 aromatic carbocycles. The van der Waals surface area contributed by atoms with Crippen LogP contribution in [-0.4, -0.2) is 19.1 Å². The van der Waals surface area contributed by atoms with Crippen LogP contribution < -0.4 is 0 Å². The maximum absolute atomic E-state index is 4.18. The molecule has 14 heavy (non-hydrogen) atoms. The van der Waals surface area contributed by atoms with Gasteiger partial charge in [-0.15, -0.1) is 0 Å². The molecule has 2 rings (SSSR count). The number of aryl methyl sites for hydroxylation is 4. The van der Waals surface area contributed by atoms with Crippen LogP contribution in [0, 0.1) is 13.8 Å². The number of nitrogens with zero attached hydrogens (tertiary/aromatic N) is 4. The summed E-state index contributed by atoms with van der Waals surface area (Å²) in [6, 6.07) is 0. The zero-order chi connectivity index (χ0) is 9.97. The molecule has 2 aromatic rings. The SMILES string of the molecule is Cc1cn(CCn2ccnc2C)cn1. The minimum atomic E-state index is 0.942. The Morgan fingerprint density at radius 2 is 2.07 bits per heavy atom. The maximum Gasteiger partial charge on any atom is 0.105 e. The normalized spacial score (nSPS) is 10.7. The van der Waals surface area contributed by atoms with E-state index >= 15 is 0 Å². The Hall–Kier alpha value is -1.58. The zero-order valence-corrected chi connectivity index (χ0v) is 8.51. The van der Waals surface area contributed by atoms with Crippen molar-refractivity contribution in [2.24, 2.45) is 0 Å². The summed E-state index contributed by atoms with van der Waals surface area (Å²) in [6.07, 6.45) is 7.74. The summed E-state index contributed by atoms with van der Waals surface area (Å²) < 4.78 is 4.23. The van der Waals surface area contributed by atoms with E-state index in [0.29, 0.717) is 0 Å². The van der Waals surface area contributed by atoms with E-state index in [1.165, 1.54) is 0 Å². The molecule has 0 atom stereocenters. The van der Waals surface area contributed by atoms with Crippen molar-refractivity contribution in [1.82, 2.24) is 19.1 Å². The lowest BCUT2D eigenvalue weighted by atomic mass is 10.5. The molecular weight excluding hydrogens is 176 g/mol. The topological polar surface area (TPSA) is 35.6 Å². The van der Waals surface area contributed by atoms with Crippen LogP contribution in [0.1, 0.15) is 11.5 Å². The molecule has 0 bridgehead atoms. The van der Waals surface area contributed by atoms with E-state index in [4.69, 9.17) is 0 Å². The number of aromatic nitrogens is 4. The van der Waals surface area contributed by atoms with Crippen LogP contribution in [0.4, 0.5) is 0 Å². The van der Waals surface area contributed by atoms with Crippen LogP contribution in [0.3, 0.4) is 0 Å². The number of rotatable bonds is 3. The molecule has 2 aromatic heterocycles. The van der Waals surface area contributed by atoms with Crippen LogP contribution in [0.5, 0.6) is 0 Å². The quantitative estimate of drug-likeness (QED) is 0.733. The summed E-state index contributed by atoms with van der Waals surface area (Å²) in [6.45, 7) is 5.90. The number of hydrogen-bond donors (Lipinski definition) is 0. The van der Waals surface area contributed by atoms with Crippen molar-refractivity contribution < 1.29 is 0 Å². The fraction of sp³-hybridized carbons (Fsp3) is 0.400. The van der Waals surface area contributed by atoms with Crippen LogP contribution in [0.25, 0.3) is 0 Å². The molecule has 0 spiro atoms. The second-order valence-corrected chi connectivity index (χ2v) is 3.42. The van der Waals surface area contributed by atoms with Crippen molar-refractivity contribution in [2.75, 3.05) is 0 Å². The van der Waals surface area contributed by atoms with Gasteiger partial charge in [0.05, 0.1) is 12.0 Å². The minimum Gasteiger partial charge on any atom is -0.335 e. The number of hydrogen-bond acceptors (Lipinski definition) is 2. The lowest BCUT2D eigenvalue weighted by Crippen LogP contribution is -2.06. The Bertz CT molecular complexity index is 413. The molecule has 4 heteroatoms. The van der Waals surface area contributed by atoms with Gasteiger partial charge in [0.1, 0.15) is 5.82 Å². The smallest absolute Gasteiger partial charge is 0.105 e. The fourth-order valence-electron chi connectivity index (χ4n) is 1.46. The van der Waals surface area contributed by atoms with Gasteiger partial charge < -0.3 is 9.13 Å². The highest BCUT2D eigenvalue weighted by molar-refractivity contribution is 4.93. The lowest BCUT2D eigenvalue weighted by Gasteiger charge is -2.04. The monoisotopic (exact) mass is 190 g/mol. The first-order valence-corrected chi connectivity index (χ1v) is 4.72. The van der Waals surface area contributed by atoms with Crippen molar-refractivity contribution >= 4 is 0 Å². The second kappa shape index (κ2) is 3.65. The summed E-state index contributed by atoms with van der Waals surface area (Å²) in [5, 5.41) is 0. The maximum atomic E-state index is 4.18. The number of imidazole rings is 2. The molecule has 0 aliphatic carbocycles. The van der Waals surface area contributed by atoms with E-state index < -0.39 is 0 Å². The third-order valence-electron chi connectivity index (χ3n) is 2.29. The van der Waals surface area contributed by atoms with Crippen molar-refractivity contribution in [1.29, 1.82) is 0 Å². The van der Waals surface area contributed by atoms with Gasteiger partial charge in [0.15, 0.2) is 0 Å². The molecule has 0 aliphatic heterocycles. The fourth-order valence-corrected chi connectivity index (χ4v) is 1.46. The van der Waals surface area contributed by atoms with Gasteiger partial charge in [-0.25, -0.2) is 9.97 Å². The molecule has 2 heterocycles. The standard InChI is InChI=1S/C10H14N4/c1-9-7-13(8-12-9)5-6-14-4-3-11-10(14)2/h3-4,7-8H,5-6H2,1-2H3. The van der Waals surface area contributed by atoms with E-state index in [-0.39, 0.29) is 0 Å². The second-order valence-electron chi connectivity index (χ2n) is 3.42. The van der Waals surface area contributed by atoms with Gasteiger partial charge in [-0.1, -0.05) is 0 Å². The van der Waals surface area contributed by atoms with E-state index in [0.717, 1.165) is 24.6 Å². The first kappa shape index (κ1) is 8.99. The van der Waals surface area contributed by atoms with Crippen molar-refractivity contribution in [3.05, 3.63) is 36.4 Å². The Labute approximate surface area is 83.2 Å². The van der Waals surface area contributed by atoms with Crippen molar-refractivity contribution in [3.63, 3.8) is 0 Å². The van der Waals surface area contributed by atoms with Crippen LogP contribution in [0.2, 0.25) is 0 Å². The third-order valence-corrected chi connectivity index (χ3v) is 2.29. The molecule has 0 N–H and O–H groups in total. The van der Waals surface area contributed by atoms with Gasteiger partial charge in [0.2, 0.25) is 0 Å². The van der Waals surface area contributed by atoms with E-state index in [1.54, 1.807) is 0 Å². The van der Waals surface area contributed by atoms with Crippen molar-refractivity contribution in [3.8, 4) is 0 Å². The largest absolute Gasteiger partial charge is 0.335 e. The highest BCUT2D eigenvalue weighted by Gasteiger charge is 1.97. The molecule has 0 fully saturated rings. The van der Waals surface area contributed by atoms with Crippen LogP contribution in [0.15, 0.2) is 24.9 Å². The van der Waals surface area contributed by atoms with Gasteiger partial charge in [-0.2, -0.15) is 0 Å². The van der Waals surface area contributed by atoms with E-state index in [2.05, 4.69) is 19.1 Å². The molecular formula is C10H14N4. The first-order chi connectivity index (χ1) is 6.75. The molecule has 0 aliphatic rings. The van der Waals surface area contributed by atoms with Gasteiger partial charge in [-0.3, -0.25) is 0 Å². The first-order valence-electron chi connectivity index (χ1n) is 4.72. The summed E-state index contributed by atoms with van der Waals surface area (Å²) >= 11 is 0. The summed E-state index contributed by atoms with van der Waals surface area (Å²) in [7, 11) is 0. The summed E-state index contributed by atoms with van der Waals surface area (Å²) in [5.74, 6) is 1.06. The predicted molar refractivity (Wildman–Crippen MR) is 53.9 cm³/mol. The molecule has 0 saturated heterocycles. The average Bonchev–Trinajstić information content (AvgIpc) is 2.72. The molecule has 0 unspecified atom stereocenters. The predicted octanol–water partition coefficient (Wildman–Crippen LogP) is 1.40. The minimum absolute atomic E-state index is 0.942. The van der Waals surface area contributed by atoms with Crippen LogP contribution in [-0.2, 0) is 13.1 Å². The molecule has 4 nitrogen and oxygen atoms in total. The van der Waals surface area contributed by atoms with Crippen LogP contribution >= 0.6 is 0 Å². The van der Waals surface area contributed by atoms with E-state index in [9.17, 15) is 0 Å². The summed E-state index contributed by atoms with van der Waals surface area (Å²) in [5.41, 5.74) is 1.06. The molecule has 0 radical (unpaired) electrons.